The Morgan fingerprint density at radius 3 is 2.42 bits per heavy atom. The van der Waals surface area contributed by atoms with Gasteiger partial charge in [0.25, 0.3) is 5.91 Å². The Morgan fingerprint density at radius 1 is 1.15 bits per heavy atom. The standard InChI is InChI=1S/C17H13BrF2N4O2/c1-10-21-15(16(25)22-12-4-2-11(18)3-5-12)23-24(10)13-6-8-14(9-7-13)26-17(19)20/h2-9,17H,1H3,(H,22,25). The predicted molar refractivity (Wildman–Crippen MR) is 94.8 cm³/mol. The van der Waals surface area contributed by atoms with Gasteiger partial charge in [-0.2, -0.15) is 8.78 Å². The summed E-state index contributed by atoms with van der Waals surface area (Å²) in [6.45, 7) is -1.20. The summed E-state index contributed by atoms with van der Waals surface area (Å²) in [5, 5.41) is 6.89. The van der Waals surface area contributed by atoms with Crippen molar-refractivity contribution in [2.24, 2.45) is 0 Å². The number of halogens is 3. The molecule has 0 aliphatic heterocycles. The van der Waals surface area contributed by atoms with E-state index >= 15 is 0 Å². The van der Waals surface area contributed by atoms with Crippen molar-refractivity contribution in [2.75, 3.05) is 5.32 Å². The maximum absolute atomic E-state index is 12.3. The van der Waals surface area contributed by atoms with Crippen LogP contribution in [0, 0.1) is 6.92 Å². The lowest BCUT2D eigenvalue weighted by atomic mass is 10.3. The molecule has 0 saturated carbocycles. The van der Waals surface area contributed by atoms with Crippen LogP contribution in [0.25, 0.3) is 5.69 Å². The fourth-order valence-corrected chi connectivity index (χ4v) is 2.48. The maximum Gasteiger partial charge on any atom is 0.387 e. The molecule has 1 N–H and O–H groups in total. The number of carbonyl (C=O) groups is 1. The van der Waals surface area contributed by atoms with Crippen molar-refractivity contribution in [3.05, 3.63) is 64.7 Å². The molecule has 134 valence electrons. The third-order valence-corrected chi connectivity index (χ3v) is 3.91. The SMILES string of the molecule is Cc1nc(C(=O)Nc2ccc(Br)cc2)nn1-c1ccc(OC(F)F)cc1. The van der Waals surface area contributed by atoms with Crippen LogP contribution in [0.1, 0.15) is 16.4 Å². The Bertz CT molecular complexity index is 912. The first kappa shape index (κ1) is 18.0. The minimum atomic E-state index is -2.89. The van der Waals surface area contributed by atoms with Crippen molar-refractivity contribution in [2.45, 2.75) is 13.5 Å². The van der Waals surface area contributed by atoms with Gasteiger partial charge in [-0.15, -0.1) is 5.10 Å². The molecule has 1 heterocycles. The van der Waals surface area contributed by atoms with Crippen LogP contribution in [0.2, 0.25) is 0 Å². The number of anilines is 1. The molecule has 3 rings (SSSR count). The van der Waals surface area contributed by atoms with E-state index in [-0.39, 0.29) is 11.6 Å². The van der Waals surface area contributed by atoms with Gasteiger partial charge in [-0.05, 0) is 55.5 Å². The number of carbonyl (C=O) groups excluding carboxylic acids is 1. The molecule has 1 aromatic heterocycles. The molecule has 2 aromatic carbocycles. The van der Waals surface area contributed by atoms with Gasteiger partial charge < -0.3 is 10.1 Å². The Kier molecular flexibility index (Phi) is 5.27. The van der Waals surface area contributed by atoms with Crippen LogP contribution in [0.4, 0.5) is 14.5 Å². The first-order chi connectivity index (χ1) is 12.4. The molecule has 6 nitrogen and oxygen atoms in total. The Balaban J connectivity index is 1.78. The topological polar surface area (TPSA) is 69.0 Å². The van der Waals surface area contributed by atoms with E-state index in [0.717, 1.165) is 4.47 Å². The van der Waals surface area contributed by atoms with Crippen molar-refractivity contribution in [3.63, 3.8) is 0 Å². The number of benzene rings is 2. The summed E-state index contributed by atoms with van der Waals surface area (Å²) in [4.78, 5) is 16.5. The molecular formula is C17H13BrF2N4O2. The highest BCUT2D eigenvalue weighted by Gasteiger charge is 2.16. The number of ether oxygens (including phenoxy) is 1. The Hall–Kier alpha value is -2.81. The van der Waals surface area contributed by atoms with Crippen LogP contribution in [-0.2, 0) is 0 Å². The molecule has 0 spiro atoms. The maximum atomic E-state index is 12.3. The van der Waals surface area contributed by atoms with Crippen molar-refractivity contribution in [3.8, 4) is 11.4 Å². The van der Waals surface area contributed by atoms with Gasteiger partial charge >= 0.3 is 6.61 Å². The number of nitrogens with one attached hydrogen (secondary N) is 1. The van der Waals surface area contributed by atoms with E-state index in [9.17, 15) is 13.6 Å². The average molecular weight is 423 g/mol. The summed E-state index contributed by atoms with van der Waals surface area (Å²) in [5.74, 6) is 0.0633. The molecule has 0 atom stereocenters. The van der Waals surface area contributed by atoms with Gasteiger partial charge in [0, 0.05) is 10.2 Å². The van der Waals surface area contributed by atoms with Crippen molar-refractivity contribution < 1.29 is 18.3 Å². The summed E-state index contributed by atoms with van der Waals surface area (Å²) in [6.07, 6.45) is 0. The Morgan fingerprint density at radius 2 is 1.81 bits per heavy atom. The van der Waals surface area contributed by atoms with Gasteiger partial charge in [0.2, 0.25) is 5.82 Å². The lowest BCUT2D eigenvalue weighted by Crippen LogP contribution is -2.14. The zero-order valence-electron chi connectivity index (χ0n) is 13.5. The van der Waals surface area contributed by atoms with Gasteiger partial charge in [0.1, 0.15) is 11.6 Å². The first-order valence-corrected chi connectivity index (χ1v) is 8.27. The molecule has 0 aliphatic carbocycles. The lowest BCUT2D eigenvalue weighted by Gasteiger charge is -2.06. The summed E-state index contributed by atoms with van der Waals surface area (Å²) in [5.41, 5.74) is 1.18. The normalized spacial score (nSPS) is 10.8. The van der Waals surface area contributed by atoms with E-state index in [1.165, 1.54) is 16.8 Å². The van der Waals surface area contributed by atoms with E-state index in [2.05, 4.69) is 36.1 Å². The van der Waals surface area contributed by atoms with E-state index < -0.39 is 12.5 Å². The molecule has 0 unspecified atom stereocenters. The van der Waals surface area contributed by atoms with Crippen LogP contribution in [0.3, 0.4) is 0 Å². The predicted octanol–water partition coefficient (Wildman–Crippen LogP) is 4.19. The monoisotopic (exact) mass is 422 g/mol. The van der Waals surface area contributed by atoms with Crippen molar-refractivity contribution in [1.82, 2.24) is 14.8 Å². The summed E-state index contributed by atoms with van der Waals surface area (Å²) in [7, 11) is 0. The molecular weight excluding hydrogens is 410 g/mol. The van der Waals surface area contributed by atoms with E-state index in [1.54, 1.807) is 43.3 Å². The molecule has 3 aromatic rings. The average Bonchev–Trinajstić information content (AvgIpc) is 2.99. The van der Waals surface area contributed by atoms with Crippen LogP contribution >= 0.6 is 15.9 Å². The van der Waals surface area contributed by atoms with Gasteiger partial charge in [0.05, 0.1) is 5.69 Å². The summed E-state index contributed by atoms with van der Waals surface area (Å²) < 4.78 is 31.1. The highest BCUT2D eigenvalue weighted by atomic mass is 79.9. The van der Waals surface area contributed by atoms with E-state index in [1.807, 2.05) is 0 Å². The number of hydrogen-bond donors (Lipinski definition) is 1. The second-order valence-electron chi connectivity index (χ2n) is 5.23. The van der Waals surface area contributed by atoms with Gasteiger partial charge in [0.15, 0.2) is 0 Å². The zero-order chi connectivity index (χ0) is 18.7. The number of aryl methyl sites for hydroxylation is 1. The van der Waals surface area contributed by atoms with Gasteiger partial charge in [-0.1, -0.05) is 15.9 Å². The molecule has 0 fully saturated rings. The summed E-state index contributed by atoms with van der Waals surface area (Å²) >= 11 is 3.32. The number of rotatable bonds is 5. The molecule has 1 amide bonds. The summed E-state index contributed by atoms with van der Waals surface area (Å²) in [6, 6.07) is 13.0. The van der Waals surface area contributed by atoms with E-state index in [0.29, 0.717) is 17.2 Å². The quantitative estimate of drug-likeness (QED) is 0.668. The lowest BCUT2D eigenvalue weighted by molar-refractivity contribution is -0.0498. The van der Waals surface area contributed by atoms with E-state index in [4.69, 9.17) is 0 Å². The minimum absolute atomic E-state index is 0.00155. The van der Waals surface area contributed by atoms with Crippen molar-refractivity contribution >= 4 is 27.5 Å². The highest BCUT2D eigenvalue weighted by Crippen LogP contribution is 2.18. The van der Waals surface area contributed by atoms with Gasteiger partial charge in [-0.3, -0.25) is 4.79 Å². The number of hydrogen-bond acceptors (Lipinski definition) is 4. The molecule has 9 heteroatoms. The number of amides is 1. The Labute approximate surface area is 155 Å². The molecule has 26 heavy (non-hydrogen) atoms. The third-order valence-electron chi connectivity index (χ3n) is 3.38. The largest absolute Gasteiger partial charge is 0.435 e. The van der Waals surface area contributed by atoms with Crippen LogP contribution in [0.5, 0.6) is 5.75 Å². The fraction of sp³-hybridized carbons (Fsp3) is 0.118. The second-order valence-corrected chi connectivity index (χ2v) is 6.14. The van der Waals surface area contributed by atoms with Gasteiger partial charge in [-0.25, -0.2) is 9.67 Å². The zero-order valence-corrected chi connectivity index (χ0v) is 15.1. The highest BCUT2D eigenvalue weighted by molar-refractivity contribution is 9.10. The van der Waals surface area contributed by atoms with Crippen LogP contribution < -0.4 is 10.1 Å². The number of nitrogens with zero attached hydrogens (tertiary/aromatic N) is 3. The molecule has 0 radical (unpaired) electrons. The van der Waals surface area contributed by atoms with Crippen molar-refractivity contribution in [1.29, 1.82) is 0 Å². The fourth-order valence-electron chi connectivity index (χ4n) is 2.22. The number of alkyl halides is 2. The first-order valence-electron chi connectivity index (χ1n) is 7.48. The molecule has 0 saturated heterocycles. The molecule has 0 bridgehead atoms. The second kappa shape index (κ2) is 7.61. The number of aromatic nitrogens is 3. The third kappa shape index (κ3) is 4.23. The van der Waals surface area contributed by atoms with Crippen LogP contribution in [-0.4, -0.2) is 27.3 Å². The molecule has 0 aliphatic rings. The van der Waals surface area contributed by atoms with Crippen LogP contribution in [0.15, 0.2) is 53.0 Å². The smallest absolute Gasteiger partial charge is 0.387 e. The minimum Gasteiger partial charge on any atom is -0.435 e.